The van der Waals surface area contributed by atoms with Crippen LogP contribution < -0.4 is 11.2 Å². The molecule has 8 nitrogen and oxygen atoms in total. The van der Waals surface area contributed by atoms with E-state index < -0.39 is 17.1 Å². The van der Waals surface area contributed by atoms with Gasteiger partial charge in [-0.15, -0.1) is 0 Å². The van der Waals surface area contributed by atoms with Crippen LogP contribution in [-0.2, 0) is 6.42 Å². The summed E-state index contributed by atoms with van der Waals surface area (Å²) in [4.78, 5) is 31.3. The van der Waals surface area contributed by atoms with Gasteiger partial charge in [-0.1, -0.05) is 25.1 Å². The molecule has 1 aliphatic heterocycles. The molecule has 1 aliphatic rings. The molecule has 3 heterocycles. The molecule has 0 radical (unpaired) electrons. The summed E-state index contributed by atoms with van der Waals surface area (Å²) in [6.07, 6.45) is 8.74. The minimum atomic E-state index is -0.699. The number of aromatic nitrogens is 3. The number of aromatic hydroxyl groups is 1. The summed E-state index contributed by atoms with van der Waals surface area (Å²) in [5.74, 6) is -0.434. The first-order valence-corrected chi connectivity index (χ1v) is 10.5. The number of aromatic amines is 1. The van der Waals surface area contributed by atoms with E-state index in [1.165, 1.54) is 6.21 Å². The Balaban J connectivity index is 1.70. The first-order valence-electron chi connectivity index (χ1n) is 10.5. The highest BCUT2D eigenvalue weighted by atomic mass is 16.3. The van der Waals surface area contributed by atoms with E-state index in [2.05, 4.69) is 15.1 Å². The highest BCUT2D eigenvalue weighted by Gasteiger charge is 2.23. The summed E-state index contributed by atoms with van der Waals surface area (Å²) in [6.45, 7) is 2.76. The van der Waals surface area contributed by atoms with E-state index >= 15 is 0 Å². The van der Waals surface area contributed by atoms with E-state index in [-0.39, 0.29) is 11.6 Å². The number of piperidine rings is 1. The van der Waals surface area contributed by atoms with Gasteiger partial charge in [0.05, 0.1) is 17.9 Å². The van der Waals surface area contributed by atoms with Crippen LogP contribution >= 0.6 is 0 Å². The molecule has 1 aromatic carbocycles. The molecule has 3 aromatic rings. The van der Waals surface area contributed by atoms with Crippen molar-refractivity contribution >= 4 is 6.21 Å². The third-order valence-corrected chi connectivity index (χ3v) is 5.60. The van der Waals surface area contributed by atoms with Crippen molar-refractivity contribution in [2.45, 2.75) is 38.6 Å². The van der Waals surface area contributed by atoms with E-state index in [1.54, 1.807) is 18.3 Å². The Labute approximate surface area is 179 Å². The van der Waals surface area contributed by atoms with Gasteiger partial charge < -0.3 is 5.11 Å². The second kappa shape index (κ2) is 8.99. The molecule has 0 saturated carbocycles. The van der Waals surface area contributed by atoms with Gasteiger partial charge in [-0.2, -0.15) is 5.10 Å². The highest BCUT2D eigenvalue weighted by molar-refractivity contribution is 5.82. The minimum absolute atomic E-state index is 0.0485. The van der Waals surface area contributed by atoms with Crippen LogP contribution in [0.3, 0.4) is 0 Å². The molecular weight excluding hydrogens is 394 g/mol. The lowest BCUT2D eigenvalue weighted by atomic mass is 9.98. The molecule has 1 atom stereocenters. The molecular formula is C23H25N5O3. The third kappa shape index (κ3) is 4.28. The molecule has 2 aromatic heterocycles. The SMILES string of the molecule is CCc1ccc(-n2c(O)c(C=NN3CCCC[C@H]3c3cccnc3)c(=O)[nH]c2=O)cc1. The number of H-pyrrole nitrogens is 1. The Kier molecular flexibility index (Phi) is 5.97. The van der Waals surface area contributed by atoms with Crippen LogP contribution in [0.5, 0.6) is 5.88 Å². The molecule has 160 valence electrons. The van der Waals surface area contributed by atoms with Crippen molar-refractivity contribution in [1.29, 1.82) is 0 Å². The van der Waals surface area contributed by atoms with Crippen LogP contribution in [0.4, 0.5) is 0 Å². The van der Waals surface area contributed by atoms with Gasteiger partial charge in [-0.25, -0.2) is 9.36 Å². The Hall–Kier alpha value is -3.68. The van der Waals surface area contributed by atoms with E-state index in [0.29, 0.717) is 5.69 Å². The lowest BCUT2D eigenvalue weighted by molar-refractivity contribution is 0.156. The number of hydrazone groups is 1. The predicted octanol–water partition coefficient (Wildman–Crippen LogP) is 2.75. The first kappa shape index (κ1) is 20.6. The molecule has 1 saturated heterocycles. The Bertz CT molecular complexity index is 1180. The maximum absolute atomic E-state index is 12.4. The van der Waals surface area contributed by atoms with Gasteiger partial charge in [0, 0.05) is 18.9 Å². The molecule has 2 N–H and O–H groups in total. The van der Waals surface area contributed by atoms with Crippen LogP contribution in [0, 0.1) is 0 Å². The molecule has 8 heteroatoms. The highest BCUT2D eigenvalue weighted by Crippen LogP contribution is 2.30. The van der Waals surface area contributed by atoms with Gasteiger partial charge in [-0.05, 0) is 55.0 Å². The van der Waals surface area contributed by atoms with Gasteiger partial charge in [0.1, 0.15) is 5.56 Å². The maximum Gasteiger partial charge on any atom is 0.335 e. The summed E-state index contributed by atoms with van der Waals surface area (Å²) in [6, 6.07) is 11.2. The summed E-state index contributed by atoms with van der Waals surface area (Å²) >= 11 is 0. The summed E-state index contributed by atoms with van der Waals surface area (Å²) in [5, 5.41) is 17.2. The largest absolute Gasteiger partial charge is 0.493 e. The van der Waals surface area contributed by atoms with Crippen molar-refractivity contribution < 1.29 is 5.11 Å². The zero-order chi connectivity index (χ0) is 21.8. The molecule has 0 bridgehead atoms. The zero-order valence-electron chi connectivity index (χ0n) is 17.4. The number of benzene rings is 1. The van der Waals surface area contributed by atoms with Crippen LogP contribution in [-0.4, -0.2) is 37.4 Å². The fourth-order valence-electron chi connectivity index (χ4n) is 3.87. The number of pyridine rings is 1. The van der Waals surface area contributed by atoms with Gasteiger partial charge in [0.2, 0.25) is 5.88 Å². The van der Waals surface area contributed by atoms with Crippen molar-refractivity contribution in [3.63, 3.8) is 0 Å². The summed E-state index contributed by atoms with van der Waals surface area (Å²) < 4.78 is 1.08. The average Bonchev–Trinajstić information content (AvgIpc) is 2.80. The molecule has 0 unspecified atom stereocenters. The van der Waals surface area contributed by atoms with E-state index in [4.69, 9.17) is 0 Å². The maximum atomic E-state index is 12.4. The Morgan fingerprint density at radius 1 is 1.23 bits per heavy atom. The zero-order valence-corrected chi connectivity index (χ0v) is 17.4. The topological polar surface area (TPSA) is 104 Å². The lowest BCUT2D eigenvalue weighted by Crippen LogP contribution is -2.32. The Morgan fingerprint density at radius 3 is 2.74 bits per heavy atom. The second-order valence-corrected chi connectivity index (χ2v) is 7.56. The van der Waals surface area contributed by atoms with Crippen molar-refractivity contribution in [2.75, 3.05) is 6.54 Å². The van der Waals surface area contributed by atoms with E-state index in [1.807, 2.05) is 42.4 Å². The van der Waals surface area contributed by atoms with Gasteiger partial charge in [0.15, 0.2) is 0 Å². The standard InChI is InChI=1S/C23H25N5O3/c1-2-16-8-10-18(11-9-16)28-22(30)19(21(29)26-23(28)31)15-25-27-13-4-3-7-20(27)17-6-5-12-24-14-17/h5-6,8-12,14-15,20,30H,2-4,7,13H2,1H3,(H,26,29,31)/t20-/m0/s1. The van der Waals surface area contributed by atoms with Gasteiger partial charge in [-0.3, -0.25) is 19.8 Å². The number of hydrogen-bond acceptors (Lipinski definition) is 6. The lowest BCUT2D eigenvalue weighted by Gasteiger charge is -2.33. The molecule has 4 rings (SSSR count). The number of nitrogens with zero attached hydrogens (tertiary/aromatic N) is 4. The monoisotopic (exact) mass is 419 g/mol. The normalized spacial score (nSPS) is 16.7. The van der Waals surface area contributed by atoms with Gasteiger partial charge in [0.25, 0.3) is 5.56 Å². The quantitative estimate of drug-likeness (QED) is 0.619. The van der Waals surface area contributed by atoms with E-state index in [9.17, 15) is 14.7 Å². The first-order chi connectivity index (χ1) is 15.1. The van der Waals surface area contributed by atoms with Crippen molar-refractivity contribution in [2.24, 2.45) is 5.10 Å². The molecule has 1 fully saturated rings. The summed E-state index contributed by atoms with van der Waals surface area (Å²) in [5.41, 5.74) is 1.19. The fraction of sp³-hybridized carbons (Fsp3) is 0.304. The predicted molar refractivity (Wildman–Crippen MR) is 119 cm³/mol. The van der Waals surface area contributed by atoms with Crippen molar-refractivity contribution in [3.8, 4) is 11.6 Å². The second-order valence-electron chi connectivity index (χ2n) is 7.56. The number of hydrogen-bond donors (Lipinski definition) is 2. The fourth-order valence-corrected chi connectivity index (χ4v) is 3.87. The van der Waals surface area contributed by atoms with Crippen LogP contribution in [0.1, 0.15) is 48.9 Å². The van der Waals surface area contributed by atoms with E-state index in [0.717, 1.165) is 47.9 Å². The Morgan fingerprint density at radius 2 is 2.03 bits per heavy atom. The smallest absolute Gasteiger partial charge is 0.335 e. The van der Waals surface area contributed by atoms with Gasteiger partial charge >= 0.3 is 5.69 Å². The molecule has 0 aliphatic carbocycles. The van der Waals surface area contributed by atoms with Crippen LogP contribution in [0.2, 0.25) is 0 Å². The number of nitrogens with one attached hydrogen (secondary N) is 1. The number of rotatable bonds is 5. The average molecular weight is 419 g/mol. The van der Waals surface area contributed by atoms with Crippen molar-refractivity contribution in [1.82, 2.24) is 19.5 Å². The molecule has 31 heavy (non-hydrogen) atoms. The minimum Gasteiger partial charge on any atom is -0.493 e. The summed E-state index contributed by atoms with van der Waals surface area (Å²) in [7, 11) is 0. The molecule has 0 amide bonds. The van der Waals surface area contributed by atoms with Crippen LogP contribution in [0.15, 0.2) is 63.5 Å². The number of aryl methyl sites for hydroxylation is 1. The third-order valence-electron chi connectivity index (χ3n) is 5.60. The van der Waals surface area contributed by atoms with Crippen LogP contribution in [0.25, 0.3) is 5.69 Å². The molecule has 0 spiro atoms. The van der Waals surface area contributed by atoms with Crippen molar-refractivity contribution in [3.05, 3.63) is 86.3 Å².